The van der Waals surface area contributed by atoms with Gasteiger partial charge in [0.1, 0.15) is 0 Å². The maximum Gasteiger partial charge on any atom is 0.416 e. The number of alkyl halides is 3. The third-order valence-electron chi connectivity index (χ3n) is 1.98. The van der Waals surface area contributed by atoms with Crippen molar-refractivity contribution in [1.29, 1.82) is 0 Å². The van der Waals surface area contributed by atoms with Crippen molar-refractivity contribution in [3.63, 3.8) is 0 Å². The number of aryl methyl sites for hydroxylation is 1. The molecule has 0 bridgehead atoms. The first kappa shape index (κ1) is 11.0. The van der Waals surface area contributed by atoms with Gasteiger partial charge in [0, 0.05) is 0 Å². The van der Waals surface area contributed by atoms with Crippen molar-refractivity contribution in [2.75, 3.05) is 6.54 Å². The Morgan fingerprint density at radius 2 is 1.93 bits per heavy atom. The van der Waals surface area contributed by atoms with Gasteiger partial charge in [-0.05, 0) is 31.5 Å². The number of halogens is 3. The molecule has 0 saturated carbocycles. The lowest BCUT2D eigenvalue weighted by molar-refractivity contribution is -0.138. The van der Waals surface area contributed by atoms with Gasteiger partial charge in [0.2, 0.25) is 0 Å². The van der Waals surface area contributed by atoms with Crippen LogP contribution in [0, 0.1) is 6.92 Å². The minimum atomic E-state index is -4.28. The molecule has 0 aliphatic heterocycles. The summed E-state index contributed by atoms with van der Waals surface area (Å²) in [5.41, 5.74) is 5.78. The Labute approximate surface area is 80.7 Å². The van der Waals surface area contributed by atoms with Crippen LogP contribution in [0.25, 0.3) is 0 Å². The van der Waals surface area contributed by atoms with Crippen LogP contribution in [0.3, 0.4) is 0 Å². The standard InChI is InChI=1S/C10H12F3N/c1-7-2-3-9(10(11,12)13)8(6-7)4-5-14/h2-3,6H,4-5,14H2,1H3. The highest BCUT2D eigenvalue weighted by atomic mass is 19.4. The Bertz CT molecular complexity index is 318. The van der Waals surface area contributed by atoms with Gasteiger partial charge in [-0.1, -0.05) is 17.7 Å². The molecule has 0 unspecified atom stereocenters. The summed E-state index contributed by atoms with van der Waals surface area (Å²) in [6.07, 6.45) is -4.02. The van der Waals surface area contributed by atoms with Gasteiger partial charge in [0.15, 0.2) is 0 Å². The van der Waals surface area contributed by atoms with E-state index in [2.05, 4.69) is 0 Å². The second kappa shape index (κ2) is 4.00. The van der Waals surface area contributed by atoms with Crippen LogP contribution in [0.4, 0.5) is 13.2 Å². The zero-order valence-corrected chi connectivity index (χ0v) is 7.86. The number of nitrogens with two attached hydrogens (primary N) is 1. The Balaban J connectivity index is 3.15. The fourth-order valence-corrected chi connectivity index (χ4v) is 1.36. The molecule has 0 aliphatic carbocycles. The number of benzene rings is 1. The van der Waals surface area contributed by atoms with E-state index < -0.39 is 11.7 Å². The van der Waals surface area contributed by atoms with E-state index in [1.165, 1.54) is 12.1 Å². The van der Waals surface area contributed by atoms with E-state index in [4.69, 9.17) is 5.73 Å². The molecular weight excluding hydrogens is 191 g/mol. The summed E-state index contributed by atoms with van der Waals surface area (Å²) in [6.45, 7) is 1.99. The maximum atomic E-state index is 12.5. The predicted octanol–water partition coefficient (Wildman–Crippen LogP) is 2.52. The number of hydrogen-bond donors (Lipinski definition) is 1. The molecule has 0 aromatic heterocycles. The highest BCUT2D eigenvalue weighted by molar-refractivity contribution is 5.33. The summed E-state index contributed by atoms with van der Waals surface area (Å²) in [5.74, 6) is 0. The van der Waals surface area contributed by atoms with E-state index in [9.17, 15) is 13.2 Å². The van der Waals surface area contributed by atoms with Gasteiger partial charge >= 0.3 is 6.18 Å². The van der Waals surface area contributed by atoms with E-state index in [0.717, 1.165) is 11.6 Å². The lowest BCUT2D eigenvalue weighted by Gasteiger charge is -2.12. The Kier molecular flexibility index (Phi) is 3.16. The molecule has 2 N–H and O–H groups in total. The van der Waals surface area contributed by atoms with Crippen molar-refractivity contribution in [2.45, 2.75) is 19.5 Å². The van der Waals surface area contributed by atoms with Crippen LogP contribution in [0.5, 0.6) is 0 Å². The summed E-state index contributed by atoms with van der Waals surface area (Å²) in [4.78, 5) is 0. The second-order valence-electron chi connectivity index (χ2n) is 3.20. The Morgan fingerprint density at radius 3 is 2.43 bits per heavy atom. The van der Waals surface area contributed by atoms with E-state index in [1.807, 2.05) is 0 Å². The summed E-state index contributed by atoms with van der Waals surface area (Å²) in [7, 11) is 0. The molecule has 0 amide bonds. The molecule has 0 fully saturated rings. The number of rotatable bonds is 2. The smallest absolute Gasteiger partial charge is 0.330 e. The van der Waals surface area contributed by atoms with Gasteiger partial charge in [-0.3, -0.25) is 0 Å². The molecular formula is C10H12F3N. The summed E-state index contributed by atoms with van der Waals surface area (Å²) < 4.78 is 37.4. The molecule has 0 aliphatic rings. The Hall–Kier alpha value is -1.03. The first-order valence-corrected chi connectivity index (χ1v) is 4.32. The highest BCUT2D eigenvalue weighted by Gasteiger charge is 2.32. The summed E-state index contributed by atoms with van der Waals surface area (Å²) in [5, 5.41) is 0. The van der Waals surface area contributed by atoms with Gasteiger partial charge in [0.05, 0.1) is 5.56 Å². The Morgan fingerprint density at radius 1 is 1.29 bits per heavy atom. The summed E-state index contributed by atoms with van der Waals surface area (Å²) >= 11 is 0. The zero-order chi connectivity index (χ0) is 10.8. The molecule has 0 radical (unpaired) electrons. The number of hydrogen-bond acceptors (Lipinski definition) is 1. The van der Waals surface area contributed by atoms with Crippen LogP contribution in [0.1, 0.15) is 16.7 Å². The molecule has 1 aromatic rings. The third kappa shape index (κ3) is 2.48. The summed E-state index contributed by atoms with van der Waals surface area (Å²) in [6, 6.07) is 4.11. The minimum Gasteiger partial charge on any atom is -0.330 e. The topological polar surface area (TPSA) is 26.0 Å². The van der Waals surface area contributed by atoms with Crippen LogP contribution in [0.15, 0.2) is 18.2 Å². The first-order chi connectivity index (χ1) is 6.45. The fourth-order valence-electron chi connectivity index (χ4n) is 1.36. The van der Waals surface area contributed by atoms with Crippen molar-refractivity contribution in [2.24, 2.45) is 5.73 Å². The van der Waals surface area contributed by atoms with Gasteiger partial charge in [0.25, 0.3) is 0 Å². The van der Waals surface area contributed by atoms with Crippen LogP contribution < -0.4 is 5.73 Å². The first-order valence-electron chi connectivity index (χ1n) is 4.32. The third-order valence-corrected chi connectivity index (χ3v) is 1.98. The van der Waals surface area contributed by atoms with Crippen LogP contribution in [0.2, 0.25) is 0 Å². The minimum absolute atomic E-state index is 0.229. The van der Waals surface area contributed by atoms with Gasteiger partial charge in [-0.25, -0.2) is 0 Å². The molecule has 1 rings (SSSR count). The fraction of sp³-hybridized carbons (Fsp3) is 0.400. The molecule has 0 saturated heterocycles. The van der Waals surface area contributed by atoms with Crippen LogP contribution >= 0.6 is 0 Å². The average molecular weight is 203 g/mol. The van der Waals surface area contributed by atoms with E-state index in [1.54, 1.807) is 6.92 Å². The maximum absolute atomic E-state index is 12.5. The van der Waals surface area contributed by atoms with Crippen molar-refractivity contribution in [3.8, 4) is 0 Å². The van der Waals surface area contributed by atoms with Crippen LogP contribution in [-0.2, 0) is 12.6 Å². The van der Waals surface area contributed by atoms with Gasteiger partial charge in [-0.2, -0.15) is 13.2 Å². The van der Waals surface area contributed by atoms with Crippen molar-refractivity contribution in [1.82, 2.24) is 0 Å². The SMILES string of the molecule is Cc1ccc(C(F)(F)F)c(CCN)c1. The van der Waals surface area contributed by atoms with Gasteiger partial charge in [-0.15, -0.1) is 0 Å². The largest absolute Gasteiger partial charge is 0.416 e. The van der Waals surface area contributed by atoms with Crippen molar-refractivity contribution in [3.05, 3.63) is 34.9 Å². The second-order valence-corrected chi connectivity index (χ2v) is 3.20. The lowest BCUT2D eigenvalue weighted by atomic mass is 10.0. The molecule has 1 nitrogen and oxygen atoms in total. The van der Waals surface area contributed by atoms with Gasteiger partial charge < -0.3 is 5.73 Å². The van der Waals surface area contributed by atoms with Crippen molar-refractivity contribution >= 4 is 0 Å². The molecule has 0 spiro atoms. The zero-order valence-electron chi connectivity index (χ0n) is 7.86. The van der Waals surface area contributed by atoms with E-state index in [-0.39, 0.29) is 18.5 Å². The lowest BCUT2D eigenvalue weighted by Crippen LogP contribution is -2.12. The quantitative estimate of drug-likeness (QED) is 0.785. The molecule has 1 aromatic carbocycles. The molecule has 0 heterocycles. The molecule has 78 valence electrons. The van der Waals surface area contributed by atoms with Crippen LogP contribution in [-0.4, -0.2) is 6.54 Å². The normalized spacial score (nSPS) is 11.8. The van der Waals surface area contributed by atoms with E-state index in [0.29, 0.717) is 0 Å². The molecule has 14 heavy (non-hydrogen) atoms. The monoisotopic (exact) mass is 203 g/mol. The predicted molar refractivity (Wildman–Crippen MR) is 48.9 cm³/mol. The molecule has 4 heteroatoms. The average Bonchev–Trinajstić information content (AvgIpc) is 2.02. The van der Waals surface area contributed by atoms with Crippen molar-refractivity contribution < 1.29 is 13.2 Å². The van der Waals surface area contributed by atoms with E-state index >= 15 is 0 Å². The molecule has 0 atom stereocenters. The highest BCUT2D eigenvalue weighted by Crippen LogP contribution is 2.32.